The van der Waals surface area contributed by atoms with Crippen LogP contribution in [0.15, 0.2) is 24.3 Å². The number of unbranched alkanes of at least 4 members (excludes halogenated alkanes) is 1. The highest BCUT2D eigenvalue weighted by Gasteiger charge is 2.08. The SMILES string of the molecule is OCCCC#CC#Cc1ccc(C2=CCNCC2)cc1F. The number of aliphatic hydroxyl groups excluding tert-OH is 1. The summed E-state index contributed by atoms with van der Waals surface area (Å²) < 4.78 is 14.0. The topological polar surface area (TPSA) is 32.3 Å². The Morgan fingerprint density at radius 3 is 2.90 bits per heavy atom. The molecule has 0 bridgehead atoms. The van der Waals surface area contributed by atoms with E-state index in [4.69, 9.17) is 5.11 Å². The first kappa shape index (κ1) is 15.3. The van der Waals surface area contributed by atoms with E-state index in [2.05, 4.69) is 35.1 Å². The van der Waals surface area contributed by atoms with Gasteiger partial charge >= 0.3 is 0 Å². The van der Waals surface area contributed by atoms with Crippen molar-refractivity contribution in [2.75, 3.05) is 19.7 Å². The molecule has 108 valence electrons. The number of hydrogen-bond acceptors (Lipinski definition) is 2. The molecule has 2 N–H and O–H groups in total. The molecule has 1 aliphatic rings. The summed E-state index contributed by atoms with van der Waals surface area (Å²) in [4.78, 5) is 0. The Morgan fingerprint density at radius 1 is 1.29 bits per heavy atom. The third-order valence-corrected chi connectivity index (χ3v) is 3.21. The van der Waals surface area contributed by atoms with E-state index in [-0.39, 0.29) is 12.4 Å². The minimum absolute atomic E-state index is 0.129. The first-order chi connectivity index (χ1) is 10.3. The van der Waals surface area contributed by atoms with Crippen LogP contribution in [-0.4, -0.2) is 24.8 Å². The molecule has 0 unspecified atom stereocenters. The fourth-order valence-electron chi connectivity index (χ4n) is 2.07. The van der Waals surface area contributed by atoms with Gasteiger partial charge in [-0.2, -0.15) is 0 Å². The van der Waals surface area contributed by atoms with Gasteiger partial charge in [0, 0.05) is 19.6 Å². The first-order valence-corrected chi connectivity index (χ1v) is 7.10. The molecule has 2 rings (SSSR count). The molecule has 1 aliphatic heterocycles. The van der Waals surface area contributed by atoms with Gasteiger partial charge < -0.3 is 10.4 Å². The van der Waals surface area contributed by atoms with Crippen LogP contribution in [0.3, 0.4) is 0 Å². The van der Waals surface area contributed by atoms with E-state index in [1.165, 1.54) is 5.57 Å². The van der Waals surface area contributed by atoms with E-state index in [0.717, 1.165) is 25.1 Å². The Labute approximate surface area is 125 Å². The van der Waals surface area contributed by atoms with Gasteiger partial charge in [0.15, 0.2) is 0 Å². The minimum Gasteiger partial charge on any atom is -0.396 e. The normalized spacial score (nSPS) is 13.5. The predicted molar refractivity (Wildman–Crippen MR) is 82.8 cm³/mol. The number of benzene rings is 1. The molecule has 0 spiro atoms. The average molecular weight is 283 g/mol. The van der Waals surface area contributed by atoms with Crippen LogP contribution in [0.2, 0.25) is 0 Å². The molecule has 0 saturated heterocycles. The van der Waals surface area contributed by atoms with Crippen LogP contribution in [0.5, 0.6) is 0 Å². The maximum absolute atomic E-state index is 14.0. The van der Waals surface area contributed by atoms with Crippen LogP contribution in [0.25, 0.3) is 5.57 Å². The molecule has 1 aromatic rings. The van der Waals surface area contributed by atoms with Crippen LogP contribution < -0.4 is 5.32 Å². The molecule has 0 amide bonds. The second kappa shape index (κ2) is 8.27. The van der Waals surface area contributed by atoms with Gasteiger partial charge in [0.05, 0.1) is 5.56 Å². The van der Waals surface area contributed by atoms with E-state index in [1.807, 2.05) is 6.07 Å². The van der Waals surface area contributed by atoms with E-state index in [1.54, 1.807) is 12.1 Å². The quantitative estimate of drug-likeness (QED) is 0.659. The fourth-order valence-corrected chi connectivity index (χ4v) is 2.07. The monoisotopic (exact) mass is 283 g/mol. The lowest BCUT2D eigenvalue weighted by Crippen LogP contribution is -2.20. The summed E-state index contributed by atoms with van der Waals surface area (Å²) in [5, 5.41) is 11.8. The highest BCUT2D eigenvalue weighted by atomic mass is 19.1. The summed E-state index contributed by atoms with van der Waals surface area (Å²) in [6.07, 6.45) is 4.26. The van der Waals surface area contributed by atoms with Gasteiger partial charge in [-0.3, -0.25) is 0 Å². The molecular weight excluding hydrogens is 265 g/mol. The highest BCUT2D eigenvalue weighted by molar-refractivity contribution is 5.67. The van der Waals surface area contributed by atoms with Crippen molar-refractivity contribution in [2.24, 2.45) is 0 Å². The van der Waals surface area contributed by atoms with Gasteiger partial charge in [-0.25, -0.2) is 4.39 Å². The molecule has 0 fully saturated rings. The zero-order chi connectivity index (χ0) is 14.9. The van der Waals surface area contributed by atoms with Crippen molar-refractivity contribution in [1.29, 1.82) is 0 Å². The smallest absolute Gasteiger partial charge is 0.139 e. The van der Waals surface area contributed by atoms with Gasteiger partial charge in [-0.15, -0.1) is 0 Å². The van der Waals surface area contributed by atoms with Gasteiger partial charge in [0.25, 0.3) is 0 Å². The summed E-state index contributed by atoms with van der Waals surface area (Å²) >= 11 is 0. The molecule has 0 radical (unpaired) electrons. The minimum atomic E-state index is -0.309. The van der Waals surface area contributed by atoms with Crippen LogP contribution in [0.1, 0.15) is 30.4 Å². The molecule has 0 aliphatic carbocycles. The van der Waals surface area contributed by atoms with Crippen LogP contribution in [0, 0.1) is 29.5 Å². The zero-order valence-electron chi connectivity index (χ0n) is 11.9. The maximum atomic E-state index is 14.0. The van der Waals surface area contributed by atoms with E-state index >= 15 is 0 Å². The van der Waals surface area contributed by atoms with Crippen LogP contribution in [-0.2, 0) is 0 Å². The fraction of sp³-hybridized carbons (Fsp3) is 0.333. The van der Waals surface area contributed by atoms with Gasteiger partial charge in [-0.05, 0) is 60.4 Å². The molecule has 0 aromatic heterocycles. The molecule has 2 nitrogen and oxygen atoms in total. The van der Waals surface area contributed by atoms with Crippen molar-refractivity contribution in [3.05, 3.63) is 41.2 Å². The van der Waals surface area contributed by atoms with Crippen molar-refractivity contribution < 1.29 is 9.50 Å². The number of aliphatic hydroxyl groups is 1. The summed E-state index contributed by atoms with van der Waals surface area (Å²) in [5.74, 6) is 10.5. The van der Waals surface area contributed by atoms with Gasteiger partial charge in [0.1, 0.15) is 5.82 Å². The Balaban J connectivity index is 2.07. The summed E-state index contributed by atoms with van der Waals surface area (Å²) in [6, 6.07) is 5.15. The first-order valence-electron chi connectivity index (χ1n) is 7.10. The second-order valence-corrected chi connectivity index (χ2v) is 4.76. The maximum Gasteiger partial charge on any atom is 0.139 e. The van der Waals surface area contributed by atoms with Crippen molar-refractivity contribution >= 4 is 5.57 Å². The van der Waals surface area contributed by atoms with E-state index < -0.39 is 0 Å². The number of rotatable bonds is 3. The zero-order valence-corrected chi connectivity index (χ0v) is 11.9. The highest BCUT2D eigenvalue weighted by Crippen LogP contribution is 2.21. The Bertz CT molecular complexity index is 641. The Morgan fingerprint density at radius 2 is 2.19 bits per heavy atom. The standard InChI is InChI=1S/C18H18FNO/c19-18-14-17(15-9-11-20-12-10-15)8-7-16(18)6-4-2-1-3-5-13-21/h7-9,14,20-21H,3,5,10-13H2. The lowest BCUT2D eigenvalue weighted by Gasteiger charge is -2.14. The van der Waals surface area contributed by atoms with Crippen LogP contribution >= 0.6 is 0 Å². The summed E-state index contributed by atoms with van der Waals surface area (Å²) in [6.45, 7) is 1.89. The van der Waals surface area contributed by atoms with E-state index in [0.29, 0.717) is 18.4 Å². The van der Waals surface area contributed by atoms with Crippen molar-refractivity contribution in [2.45, 2.75) is 19.3 Å². The molecule has 3 heteroatoms. The third-order valence-electron chi connectivity index (χ3n) is 3.21. The molecule has 21 heavy (non-hydrogen) atoms. The number of hydrogen-bond donors (Lipinski definition) is 2. The lowest BCUT2D eigenvalue weighted by atomic mass is 9.99. The Hall–Kier alpha value is -2.07. The van der Waals surface area contributed by atoms with Crippen molar-refractivity contribution in [3.8, 4) is 23.7 Å². The van der Waals surface area contributed by atoms with Crippen LogP contribution in [0.4, 0.5) is 4.39 Å². The predicted octanol–water partition coefficient (Wildman–Crippen LogP) is 2.33. The summed E-state index contributed by atoms with van der Waals surface area (Å²) in [7, 11) is 0. The average Bonchev–Trinajstić information content (AvgIpc) is 2.53. The largest absolute Gasteiger partial charge is 0.396 e. The number of nitrogens with one attached hydrogen (secondary N) is 1. The molecular formula is C18H18FNO. The Kier molecular flexibility index (Phi) is 6.03. The van der Waals surface area contributed by atoms with E-state index in [9.17, 15) is 4.39 Å². The summed E-state index contributed by atoms with van der Waals surface area (Å²) in [5.41, 5.74) is 2.47. The van der Waals surface area contributed by atoms with Crippen molar-refractivity contribution in [3.63, 3.8) is 0 Å². The van der Waals surface area contributed by atoms with Gasteiger partial charge in [-0.1, -0.05) is 18.1 Å². The molecule has 0 saturated carbocycles. The molecule has 1 heterocycles. The number of halogens is 1. The third kappa shape index (κ3) is 4.76. The van der Waals surface area contributed by atoms with Crippen molar-refractivity contribution in [1.82, 2.24) is 5.32 Å². The van der Waals surface area contributed by atoms with Gasteiger partial charge in [0.2, 0.25) is 0 Å². The second-order valence-electron chi connectivity index (χ2n) is 4.76. The lowest BCUT2D eigenvalue weighted by molar-refractivity contribution is 0.290. The molecule has 1 aromatic carbocycles. The molecule has 0 atom stereocenters.